The van der Waals surface area contributed by atoms with E-state index in [1.807, 2.05) is 20.8 Å². The largest absolute Gasteiger partial charge is 0.333 e. The summed E-state index contributed by atoms with van der Waals surface area (Å²) >= 11 is 3.13. The first-order chi connectivity index (χ1) is 11.5. The Hall–Kier alpha value is -0.950. The first-order valence-electron chi connectivity index (χ1n) is 8.68. The Labute approximate surface area is 152 Å². The molecule has 2 saturated heterocycles. The van der Waals surface area contributed by atoms with Crippen molar-refractivity contribution in [3.63, 3.8) is 0 Å². The van der Waals surface area contributed by atoms with Gasteiger partial charge in [0.25, 0.3) is 11.8 Å². The molecule has 0 aromatic heterocycles. The molecular weight excluding hydrogens is 344 g/mol. The molecule has 7 heteroatoms. The molecule has 0 aromatic carbocycles. The third-order valence-electron chi connectivity index (χ3n) is 4.27. The number of hydrogen-bond acceptors (Lipinski definition) is 5. The Morgan fingerprint density at radius 1 is 1.04 bits per heavy atom. The highest BCUT2D eigenvalue weighted by Gasteiger charge is 2.43. The SMILES string of the molecule is CCCCN1C(=O)C(=C2SCCCS2)C(=O)N(CC(C)CC)C1=O. The van der Waals surface area contributed by atoms with E-state index in [-0.39, 0.29) is 11.5 Å². The van der Waals surface area contributed by atoms with Crippen molar-refractivity contribution in [2.45, 2.75) is 46.5 Å². The molecule has 2 aliphatic rings. The number of nitrogens with zero attached hydrogens (tertiary/aromatic N) is 2. The number of unbranched alkanes of at least 4 members (excludes halogenated alkanes) is 1. The molecule has 2 fully saturated rings. The number of amides is 4. The van der Waals surface area contributed by atoms with Gasteiger partial charge in [-0.1, -0.05) is 33.6 Å². The molecule has 134 valence electrons. The van der Waals surface area contributed by atoms with Gasteiger partial charge >= 0.3 is 6.03 Å². The Morgan fingerprint density at radius 2 is 1.67 bits per heavy atom. The van der Waals surface area contributed by atoms with Crippen LogP contribution in [0, 0.1) is 5.92 Å². The van der Waals surface area contributed by atoms with E-state index in [0.717, 1.165) is 41.4 Å². The number of carbonyl (C=O) groups excluding carboxylic acids is 3. The maximum absolute atomic E-state index is 12.9. The molecule has 5 nitrogen and oxygen atoms in total. The van der Waals surface area contributed by atoms with Crippen molar-refractivity contribution in [1.29, 1.82) is 0 Å². The molecule has 4 amide bonds. The fourth-order valence-corrected chi connectivity index (χ4v) is 5.15. The molecule has 0 aromatic rings. The summed E-state index contributed by atoms with van der Waals surface area (Å²) in [6.45, 7) is 6.83. The van der Waals surface area contributed by atoms with Crippen LogP contribution in [0.1, 0.15) is 46.5 Å². The number of thioether (sulfide) groups is 2. The molecule has 0 aliphatic carbocycles. The van der Waals surface area contributed by atoms with Gasteiger partial charge in [-0.25, -0.2) is 4.79 Å². The molecule has 0 saturated carbocycles. The highest BCUT2D eigenvalue weighted by Crippen LogP contribution is 2.39. The molecule has 1 unspecified atom stereocenters. The van der Waals surface area contributed by atoms with Crippen LogP contribution in [-0.4, -0.2) is 52.2 Å². The smallest absolute Gasteiger partial charge is 0.268 e. The van der Waals surface area contributed by atoms with Gasteiger partial charge in [-0.05, 0) is 30.3 Å². The summed E-state index contributed by atoms with van der Waals surface area (Å²) in [4.78, 5) is 41.0. The summed E-state index contributed by atoms with van der Waals surface area (Å²) in [5, 5.41) is 0. The van der Waals surface area contributed by atoms with Crippen molar-refractivity contribution in [2.24, 2.45) is 5.92 Å². The lowest BCUT2D eigenvalue weighted by Crippen LogP contribution is -2.57. The predicted octanol–water partition coefficient (Wildman–Crippen LogP) is 3.71. The van der Waals surface area contributed by atoms with Crippen molar-refractivity contribution in [3.8, 4) is 0 Å². The molecule has 2 heterocycles. The van der Waals surface area contributed by atoms with Crippen molar-refractivity contribution < 1.29 is 14.4 Å². The van der Waals surface area contributed by atoms with Gasteiger partial charge in [-0.3, -0.25) is 19.4 Å². The summed E-state index contributed by atoms with van der Waals surface area (Å²) in [6.07, 6.45) is 3.61. The third kappa shape index (κ3) is 4.17. The Kier molecular flexibility index (Phi) is 7.22. The zero-order chi connectivity index (χ0) is 17.7. The average molecular weight is 371 g/mol. The third-order valence-corrected chi connectivity index (χ3v) is 6.89. The van der Waals surface area contributed by atoms with Crippen LogP contribution in [0.3, 0.4) is 0 Å². The summed E-state index contributed by atoms with van der Waals surface area (Å²) in [6, 6.07) is -0.450. The van der Waals surface area contributed by atoms with Gasteiger partial charge < -0.3 is 0 Å². The first-order valence-corrected chi connectivity index (χ1v) is 10.7. The molecule has 2 rings (SSSR count). The zero-order valence-electron chi connectivity index (χ0n) is 14.7. The number of barbiturate groups is 1. The summed E-state index contributed by atoms with van der Waals surface area (Å²) in [5.74, 6) is 1.24. The molecule has 0 radical (unpaired) electrons. The van der Waals surface area contributed by atoms with E-state index < -0.39 is 17.8 Å². The number of rotatable bonds is 6. The quantitative estimate of drug-likeness (QED) is 0.527. The van der Waals surface area contributed by atoms with E-state index in [9.17, 15) is 14.4 Å². The summed E-state index contributed by atoms with van der Waals surface area (Å²) in [5.41, 5.74) is 0.212. The molecule has 0 bridgehead atoms. The minimum atomic E-state index is -0.450. The fraction of sp³-hybridized carbons (Fsp3) is 0.706. The standard InChI is InChI=1S/C17H26N2O3S2/c1-4-6-8-18-14(20)13(16-23-9-7-10-24-16)15(21)19(17(18)22)11-12(3)5-2/h12H,4-11H2,1-3H3. The molecule has 0 N–H and O–H groups in total. The Bertz CT molecular complexity index is 540. The number of urea groups is 1. The normalized spacial score (nSPS) is 20.9. The summed E-state index contributed by atoms with van der Waals surface area (Å²) < 4.78 is 0.791. The van der Waals surface area contributed by atoms with Gasteiger partial charge in [0, 0.05) is 13.1 Å². The number of carbonyl (C=O) groups is 3. The van der Waals surface area contributed by atoms with Crippen molar-refractivity contribution in [2.75, 3.05) is 24.6 Å². The van der Waals surface area contributed by atoms with E-state index in [4.69, 9.17) is 0 Å². The Balaban J connectivity index is 2.36. The molecular formula is C17H26N2O3S2. The van der Waals surface area contributed by atoms with Gasteiger partial charge in [-0.2, -0.15) is 0 Å². The van der Waals surface area contributed by atoms with Crippen LogP contribution >= 0.6 is 23.5 Å². The van der Waals surface area contributed by atoms with Crippen LogP contribution in [0.5, 0.6) is 0 Å². The Morgan fingerprint density at radius 3 is 2.25 bits per heavy atom. The zero-order valence-corrected chi connectivity index (χ0v) is 16.3. The molecule has 24 heavy (non-hydrogen) atoms. The second-order valence-electron chi connectivity index (χ2n) is 6.24. The van der Waals surface area contributed by atoms with Gasteiger partial charge in [0.15, 0.2) is 0 Å². The number of imide groups is 2. The van der Waals surface area contributed by atoms with Gasteiger partial charge in [0.1, 0.15) is 5.57 Å². The monoisotopic (exact) mass is 370 g/mol. The summed E-state index contributed by atoms with van der Waals surface area (Å²) in [7, 11) is 0. The van der Waals surface area contributed by atoms with E-state index in [1.54, 1.807) is 23.5 Å². The van der Waals surface area contributed by atoms with Crippen LogP contribution in [0.2, 0.25) is 0 Å². The van der Waals surface area contributed by atoms with E-state index in [1.165, 1.54) is 9.80 Å². The first kappa shape index (κ1) is 19.4. The van der Waals surface area contributed by atoms with Crippen LogP contribution in [0.4, 0.5) is 4.79 Å². The topological polar surface area (TPSA) is 57.7 Å². The molecule has 0 spiro atoms. The average Bonchev–Trinajstić information content (AvgIpc) is 2.59. The highest BCUT2D eigenvalue weighted by molar-refractivity contribution is 8.22. The minimum Gasteiger partial charge on any atom is -0.268 e. The lowest BCUT2D eigenvalue weighted by Gasteiger charge is -2.36. The predicted molar refractivity (Wildman–Crippen MR) is 99.7 cm³/mol. The van der Waals surface area contributed by atoms with E-state index in [2.05, 4.69) is 0 Å². The highest BCUT2D eigenvalue weighted by atomic mass is 32.2. The number of hydrogen-bond donors (Lipinski definition) is 0. The van der Waals surface area contributed by atoms with Crippen molar-refractivity contribution in [3.05, 3.63) is 9.81 Å². The van der Waals surface area contributed by atoms with Gasteiger partial charge in [0.2, 0.25) is 0 Å². The van der Waals surface area contributed by atoms with Crippen molar-refractivity contribution in [1.82, 2.24) is 9.80 Å². The van der Waals surface area contributed by atoms with Crippen LogP contribution in [0.15, 0.2) is 9.81 Å². The van der Waals surface area contributed by atoms with Gasteiger partial charge in [-0.15, -0.1) is 23.5 Å². The maximum atomic E-state index is 12.9. The van der Waals surface area contributed by atoms with Crippen LogP contribution < -0.4 is 0 Å². The minimum absolute atomic E-state index is 0.212. The van der Waals surface area contributed by atoms with Crippen LogP contribution in [-0.2, 0) is 9.59 Å². The lowest BCUT2D eigenvalue weighted by molar-refractivity contribution is -0.136. The maximum Gasteiger partial charge on any atom is 0.333 e. The van der Waals surface area contributed by atoms with Crippen LogP contribution in [0.25, 0.3) is 0 Å². The van der Waals surface area contributed by atoms with Crippen molar-refractivity contribution >= 4 is 41.4 Å². The lowest BCUT2D eigenvalue weighted by atomic mass is 10.1. The van der Waals surface area contributed by atoms with E-state index in [0.29, 0.717) is 13.1 Å². The van der Waals surface area contributed by atoms with Gasteiger partial charge in [0.05, 0.1) is 4.24 Å². The fourth-order valence-electron chi connectivity index (χ4n) is 2.55. The molecule has 1 atom stereocenters. The molecule has 2 aliphatic heterocycles. The van der Waals surface area contributed by atoms with E-state index >= 15 is 0 Å². The second-order valence-corrected chi connectivity index (χ2v) is 8.70. The second kappa shape index (κ2) is 8.94.